The van der Waals surface area contributed by atoms with Crippen LogP contribution in [0.1, 0.15) is 69.6 Å². The van der Waals surface area contributed by atoms with Crippen LogP contribution in [0.2, 0.25) is 10.0 Å². The average molecular weight is 1030 g/mol. The summed E-state index contributed by atoms with van der Waals surface area (Å²) in [5, 5.41) is 29.8. The molecule has 1 fully saturated rings. The summed E-state index contributed by atoms with van der Waals surface area (Å²) in [5.41, 5.74) is 1.14. The number of imidazole rings is 1. The number of likely N-dealkylation sites (tertiary alicyclic amines) is 1. The third-order valence-electron chi connectivity index (χ3n) is 12.7. The van der Waals surface area contributed by atoms with Gasteiger partial charge >= 0.3 is 5.97 Å². The fraction of sp³-hybridized carbons (Fsp3) is 0.434. The Hall–Kier alpha value is -6.11. The largest absolute Gasteiger partial charge is 0.619 e. The van der Waals surface area contributed by atoms with Crippen molar-refractivity contribution in [3.05, 3.63) is 135 Å². The summed E-state index contributed by atoms with van der Waals surface area (Å²) >= 11 is 12.5. The maximum Gasteiger partial charge on any atom is 0.307 e. The van der Waals surface area contributed by atoms with Gasteiger partial charge in [-0.2, -0.15) is 4.73 Å². The van der Waals surface area contributed by atoms with Crippen LogP contribution in [0.15, 0.2) is 91.3 Å². The zero-order chi connectivity index (χ0) is 52.5. The normalized spacial score (nSPS) is 16.2. The Morgan fingerprint density at radius 3 is 2.38 bits per heavy atom. The molecule has 3 heterocycles. The minimum absolute atomic E-state index is 0.0290. The number of hydrogen-bond donors (Lipinski definition) is 3. The quantitative estimate of drug-likeness (QED) is 0.0432. The van der Waals surface area contributed by atoms with Gasteiger partial charge in [-0.05, 0) is 115 Å². The van der Waals surface area contributed by atoms with Crippen LogP contribution in [0, 0.1) is 16.9 Å². The molecule has 3 amide bonds. The number of amides is 3. The first-order valence-corrected chi connectivity index (χ1v) is 24.6. The lowest BCUT2D eigenvalue weighted by Crippen LogP contribution is -2.65. The molecular formula is C53H65Cl2FN8O8. The average Bonchev–Trinajstić information content (AvgIpc) is 3.68. The number of benzene rings is 3. The fourth-order valence-electron chi connectivity index (χ4n) is 8.89. The summed E-state index contributed by atoms with van der Waals surface area (Å²) in [5.74, 6) is -2.45. The molecule has 6 rings (SSSR count). The number of piperidine rings is 1. The van der Waals surface area contributed by atoms with E-state index in [-0.39, 0.29) is 48.7 Å². The summed E-state index contributed by atoms with van der Waals surface area (Å²) in [6.45, 7) is 6.81. The van der Waals surface area contributed by atoms with Crippen LogP contribution in [0.4, 0.5) is 4.39 Å². The Kier molecular flexibility index (Phi) is 18.5. The van der Waals surface area contributed by atoms with Crippen molar-refractivity contribution in [3.8, 4) is 22.8 Å². The number of halogens is 3. The molecule has 2 aromatic heterocycles. The van der Waals surface area contributed by atoms with Crippen LogP contribution in [-0.4, -0.2) is 117 Å². The van der Waals surface area contributed by atoms with E-state index >= 15 is 4.39 Å². The van der Waals surface area contributed by atoms with E-state index in [0.717, 1.165) is 28.7 Å². The number of carbonyl (C=O) groups is 4. The summed E-state index contributed by atoms with van der Waals surface area (Å²) in [6.07, 6.45) is 3.96. The summed E-state index contributed by atoms with van der Waals surface area (Å²) in [6, 6.07) is 19.5. The lowest BCUT2D eigenvalue weighted by Gasteiger charge is -2.49. The molecule has 0 spiro atoms. The number of esters is 1. The van der Waals surface area contributed by atoms with Gasteiger partial charge in [-0.3, -0.25) is 19.2 Å². The van der Waals surface area contributed by atoms with Gasteiger partial charge in [0.2, 0.25) is 17.7 Å². The highest BCUT2D eigenvalue weighted by atomic mass is 35.5. The van der Waals surface area contributed by atoms with E-state index in [9.17, 15) is 29.5 Å². The molecule has 386 valence electrons. The smallest absolute Gasteiger partial charge is 0.307 e. The van der Waals surface area contributed by atoms with Crippen LogP contribution in [0.5, 0.6) is 11.5 Å². The second-order valence-corrected chi connectivity index (χ2v) is 20.6. The SMILES string of the molecule is C[C@H](NCc1c(F)cc(Cl)cc1Oc1ccc(-c2cnc(CN(C)C)n2C)cc1)C(=O)N[C@@H](CO)C(=O)N(C)[C@@]1(Cc2ccc(Cl)cc2)CCCN(C(=O)[C@@H](CC(=O)OC(C)(C)C)Cc2cccc[n+]2[O-])C1. The first-order valence-electron chi connectivity index (χ1n) is 23.8. The van der Waals surface area contributed by atoms with Crippen molar-refractivity contribution in [2.24, 2.45) is 13.0 Å². The first-order chi connectivity index (χ1) is 34.1. The van der Waals surface area contributed by atoms with Crippen LogP contribution in [0.25, 0.3) is 11.3 Å². The van der Waals surface area contributed by atoms with E-state index in [4.69, 9.17) is 32.7 Å². The molecule has 3 aromatic carbocycles. The molecule has 72 heavy (non-hydrogen) atoms. The van der Waals surface area contributed by atoms with Gasteiger partial charge in [-0.15, -0.1) is 0 Å². The highest BCUT2D eigenvalue weighted by Crippen LogP contribution is 2.35. The number of nitrogens with zero attached hydrogens (tertiary/aromatic N) is 6. The van der Waals surface area contributed by atoms with Crippen molar-refractivity contribution in [1.82, 2.24) is 34.9 Å². The molecule has 0 bridgehead atoms. The van der Waals surface area contributed by atoms with E-state index in [1.165, 1.54) is 24.1 Å². The Bertz CT molecular complexity index is 2700. The lowest BCUT2D eigenvalue weighted by atomic mass is 9.80. The molecule has 0 radical (unpaired) electrons. The molecule has 0 saturated carbocycles. The zero-order valence-electron chi connectivity index (χ0n) is 42.1. The van der Waals surface area contributed by atoms with E-state index in [0.29, 0.717) is 47.1 Å². The highest BCUT2D eigenvalue weighted by Gasteiger charge is 2.46. The summed E-state index contributed by atoms with van der Waals surface area (Å²) in [4.78, 5) is 66.0. The fourth-order valence-corrected chi connectivity index (χ4v) is 9.21. The molecule has 5 aromatic rings. The molecule has 1 aliphatic rings. The number of nitrogens with one attached hydrogen (secondary N) is 2. The Morgan fingerprint density at radius 2 is 1.72 bits per heavy atom. The number of carbonyl (C=O) groups excluding carboxylic acids is 4. The van der Waals surface area contributed by atoms with Gasteiger partial charge in [-0.1, -0.05) is 41.4 Å². The molecule has 0 unspecified atom stereocenters. The molecule has 1 saturated heterocycles. The monoisotopic (exact) mass is 1030 g/mol. The predicted molar refractivity (Wildman–Crippen MR) is 272 cm³/mol. The summed E-state index contributed by atoms with van der Waals surface area (Å²) in [7, 11) is 7.47. The number of rotatable bonds is 20. The predicted octanol–water partition coefficient (Wildman–Crippen LogP) is 6.63. The minimum atomic E-state index is -1.41. The van der Waals surface area contributed by atoms with Crippen molar-refractivity contribution in [2.75, 3.05) is 40.8 Å². The third-order valence-corrected chi connectivity index (χ3v) is 13.2. The molecule has 19 heteroatoms. The van der Waals surface area contributed by atoms with Crippen LogP contribution in [0.3, 0.4) is 0 Å². The number of aliphatic hydroxyl groups excluding tert-OH is 1. The second kappa shape index (κ2) is 24.1. The molecule has 16 nitrogen and oxygen atoms in total. The molecule has 1 aliphatic heterocycles. The lowest BCUT2D eigenvalue weighted by molar-refractivity contribution is -0.614. The van der Waals surface area contributed by atoms with Crippen LogP contribution >= 0.6 is 23.2 Å². The van der Waals surface area contributed by atoms with Gasteiger partial charge in [0.1, 0.15) is 34.8 Å². The van der Waals surface area contributed by atoms with Crippen LogP contribution in [-0.2, 0) is 56.9 Å². The number of aliphatic hydroxyl groups is 1. The Balaban J connectivity index is 1.17. The summed E-state index contributed by atoms with van der Waals surface area (Å²) < 4.78 is 30.1. The van der Waals surface area contributed by atoms with Crippen molar-refractivity contribution < 1.29 is 42.9 Å². The maximum absolute atomic E-state index is 15.6. The van der Waals surface area contributed by atoms with Crippen LogP contribution < -0.4 is 20.1 Å². The van der Waals surface area contributed by atoms with Crippen molar-refractivity contribution in [3.63, 3.8) is 0 Å². The molecule has 4 atom stereocenters. The number of likely N-dealkylation sites (N-methyl/N-ethyl adjacent to an activating group) is 1. The highest BCUT2D eigenvalue weighted by molar-refractivity contribution is 6.31. The minimum Gasteiger partial charge on any atom is -0.619 e. The van der Waals surface area contributed by atoms with Crippen molar-refractivity contribution in [2.45, 2.75) is 96.1 Å². The first kappa shape index (κ1) is 55.2. The number of pyridine rings is 1. The van der Waals surface area contributed by atoms with Gasteiger partial charge in [0.05, 0.1) is 49.0 Å². The van der Waals surface area contributed by atoms with Crippen molar-refractivity contribution >= 4 is 46.9 Å². The van der Waals surface area contributed by atoms with Gasteiger partial charge in [-0.25, -0.2) is 9.37 Å². The number of hydrogen-bond acceptors (Lipinski definition) is 11. The van der Waals surface area contributed by atoms with Gasteiger partial charge < -0.3 is 49.7 Å². The van der Waals surface area contributed by atoms with Gasteiger partial charge in [0, 0.05) is 73.5 Å². The topological polar surface area (TPSA) is 186 Å². The standard InChI is InChI=1S/C53H65Cl2FN8O8/c1-34(57-29-42-43(56)26-39(55)27-46(42)71-41-19-15-36(16-20-41)45-30-58-47(61(45)7)31-60(5)6)49(67)59-44(32-65)51(69)62(8)53(28-35-13-17-38(54)18-14-35)21-11-22-63(33-53)50(68)37(25-48(66)72-52(2,3)4)24-40-12-9-10-23-64(40)70/h9-10,12-20,23,26-27,30,34,37,44,57,65H,11,21-22,24-25,28-29,31-33H2,1-8H3,(H,59,67)/t34-,37+,44-,53+/m0/s1. The van der Waals surface area contributed by atoms with E-state index in [2.05, 4.69) is 15.6 Å². The zero-order valence-corrected chi connectivity index (χ0v) is 43.6. The van der Waals surface area contributed by atoms with Gasteiger partial charge in [0.15, 0.2) is 11.9 Å². The Morgan fingerprint density at radius 1 is 1.01 bits per heavy atom. The molecular weight excluding hydrogens is 967 g/mol. The van der Waals surface area contributed by atoms with Crippen molar-refractivity contribution in [1.29, 1.82) is 0 Å². The van der Waals surface area contributed by atoms with Gasteiger partial charge in [0.25, 0.3) is 0 Å². The Labute approximate surface area is 430 Å². The second-order valence-electron chi connectivity index (χ2n) is 19.7. The van der Waals surface area contributed by atoms with E-state index in [1.807, 2.05) is 54.9 Å². The number of ether oxygens (including phenoxy) is 2. The third kappa shape index (κ3) is 14.3. The maximum atomic E-state index is 15.6. The van der Waals surface area contributed by atoms with E-state index in [1.54, 1.807) is 81.4 Å². The number of aromatic nitrogens is 3. The molecule has 0 aliphatic carbocycles. The molecule has 3 N–H and O–H groups in total. The van der Waals surface area contributed by atoms with E-state index < -0.39 is 65.3 Å².